The van der Waals surface area contributed by atoms with Gasteiger partial charge in [0.1, 0.15) is 5.38 Å². The second-order valence-corrected chi connectivity index (χ2v) is 4.00. The number of likely N-dealkylation sites (tertiary alicyclic amines) is 1. The number of amides is 1. The second kappa shape index (κ2) is 4.48. The van der Waals surface area contributed by atoms with Gasteiger partial charge in [0.2, 0.25) is 5.91 Å². The van der Waals surface area contributed by atoms with Crippen LogP contribution in [-0.2, 0) is 4.79 Å². The molecule has 1 aliphatic heterocycles. The number of rotatable bonds is 1. The van der Waals surface area contributed by atoms with E-state index < -0.39 is 5.38 Å². The first-order valence-corrected chi connectivity index (χ1v) is 4.91. The van der Waals surface area contributed by atoms with Crippen molar-refractivity contribution >= 4 is 17.5 Å². The molecule has 0 aromatic carbocycles. The first kappa shape index (κ1) is 10.3. The molecule has 1 fully saturated rings. The summed E-state index contributed by atoms with van der Waals surface area (Å²) in [4.78, 5) is 13.1. The molecule has 0 spiro atoms. The summed E-state index contributed by atoms with van der Waals surface area (Å²) in [6, 6.07) is 2.22. The third-order valence-corrected chi connectivity index (χ3v) is 2.52. The number of carbonyl (C=O) groups excluding carboxylic acids is 1. The summed E-state index contributed by atoms with van der Waals surface area (Å²) in [7, 11) is 0. The largest absolute Gasteiger partial charge is 0.341 e. The van der Waals surface area contributed by atoms with Crippen molar-refractivity contribution in [3.63, 3.8) is 0 Å². The lowest BCUT2D eigenvalue weighted by Crippen LogP contribution is -2.41. The van der Waals surface area contributed by atoms with E-state index >= 15 is 0 Å². The fraction of sp³-hybridized carbons (Fsp3) is 0.778. The Morgan fingerprint density at radius 3 is 2.54 bits per heavy atom. The third-order valence-electron chi connectivity index (χ3n) is 2.33. The molecule has 1 saturated heterocycles. The number of alkyl halides is 1. The quantitative estimate of drug-likeness (QED) is 0.601. The Balaban J connectivity index is 2.42. The van der Waals surface area contributed by atoms with Crippen molar-refractivity contribution in [3.05, 3.63) is 0 Å². The van der Waals surface area contributed by atoms with Crippen molar-refractivity contribution < 1.29 is 4.79 Å². The minimum atomic E-state index is -0.446. The van der Waals surface area contributed by atoms with Crippen molar-refractivity contribution in [2.45, 2.75) is 25.1 Å². The second-order valence-electron chi connectivity index (χ2n) is 3.34. The Hall–Kier alpha value is -0.750. The molecule has 0 aromatic heterocycles. The molecule has 72 valence electrons. The molecule has 4 heteroatoms. The Labute approximate surface area is 83.3 Å². The monoisotopic (exact) mass is 200 g/mol. The summed E-state index contributed by atoms with van der Waals surface area (Å²) in [5.41, 5.74) is 0. The van der Waals surface area contributed by atoms with Crippen molar-refractivity contribution in [2.75, 3.05) is 13.1 Å². The number of halogens is 1. The fourth-order valence-corrected chi connectivity index (χ4v) is 1.62. The topological polar surface area (TPSA) is 44.1 Å². The molecule has 0 aromatic rings. The number of nitriles is 1. The van der Waals surface area contributed by atoms with Crippen LogP contribution < -0.4 is 0 Å². The van der Waals surface area contributed by atoms with Crippen LogP contribution in [0.25, 0.3) is 0 Å². The number of nitrogens with zero attached hydrogens (tertiary/aromatic N) is 2. The molecule has 1 unspecified atom stereocenters. The molecule has 1 amide bonds. The predicted octanol–water partition coefficient (Wildman–Crippen LogP) is 1.38. The predicted molar refractivity (Wildman–Crippen MR) is 50.2 cm³/mol. The lowest BCUT2D eigenvalue weighted by Gasteiger charge is -2.29. The van der Waals surface area contributed by atoms with E-state index in [4.69, 9.17) is 16.9 Å². The van der Waals surface area contributed by atoms with Gasteiger partial charge in [0.15, 0.2) is 0 Å². The van der Waals surface area contributed by atoms with Crippen LogP contribution in [0.15, 0.2) is 0 Å². The molecule has 1 rings (SSSR count). The first-order valence-electron chi connectivity index (χ1n) is 4.47. The van der Waals surface area contributed by atoms with Gasteiger partial charge in [0.25, 0.3) is 0 Å². The van der Waals surface area contributed by atoms with Crippen molar-refractivity contribution in [2.24, 2.45) is 5.92 Å². The summed E-state index contributed by atoms with van der Waals surface area (Å²) in [5.74, 6) is 0.104. The number of hydrogen-bond donors (Lipinski definition) is 0. The van der Waals surface area contributed by atoms with E-state index in [9.17, 15) is 4.79 Å². The Bertz CT molecular complexity index is 226. The number of carbonyl (C=O) groups is 1. The molecule has 0 radical (unpaired) electrons. The Kier molecular flexibility index (Phi) is 3.56. The fourth-order valence-electron chi connectivity index (χ4n) is 1.48. The molecule has 0 N–H and O–H groups in total. The van der Waals surface area contributed by atoms with Gasteiger partial charge in [-0.2, -0.15) is 5.26 Å². The van der Waals surface area contributed by atoms with Gasteiger partial charge in [-0.1, -0.05) is 0 Å². The average molecular weight is 201 g/mol. The van der Waals surface area contributed by atoms with Crippen LogP contribution >= 0.6 is 11.6 Å². The van der Waals surface area contributed by atoms with Crippen LogP contribution in [0.1, 0.15) is 19.8 Å². The van der Waals surface area contributed by atoms with Gasteiger partial charge in [-0.25, -0.2) is 0 Å². The van der Waals surface area contributed by atoms with Crippen LogP contribution in [0.2, 0.25) is 0 Å². The molecule has 3 nitrogen and oxygen atoms in total. The van der Waals surface area contributed by atoms with Crippen LogP contribution in [0, 0.1) is 17.2 Å². The normalized spacial score (nSPS) is 20.8. The maximum absolute atomic E-state index is 11.4. The highest BCUT2D eigenvalue weighted by molar-refractivity contribution is 6.30. The lowest BCUT2D eigenvalue weighted by molar-refractivity contribution is -0.131. The standard InChI is InChI=1S/C9H13ClN2O/c1-7(10)9(13)12-4-2-8(6-11)3-5-12/h7-8H,2-5H2,1H3. The Morgan fingerprint density at radius 2 is 2.15 bits per heavy atom. The maximum atomic E-state index is 11.4. The first-order chi connectivity index (χ1) is 6.15. The Morgan fingerprint density at radius 1 is 1.62 bits per heavy atom. The zero-order valence-electron chi connectivity index (χ0n) is 7.66. The van der Waals surface area contributed by atoms with E-state index in [1.165, 1.54) is 0 Å². The lowest BCUT2D eigenvalue weighted by atomic mass is 9.98. The van der Waals surface area contributed by atoms with Crippen LogP contribution in [0.5, 0.6) is 0 Å². The van der Waals surface area contributed by atoms with E-state index in [1.54, 1.807) is 11.8 Å². The van der Waals surface area contributed by atoms with E-state index in [0.717, 1.165) is 12.8 Å². The van der Waals surface area contributed by atoms with E-state index in [-0.39, 0.29) is 11.8 Å². The van der Waals surface area contributed by atoms with Gasteiger partial charge < -0.3 is 4.90 Å². The van der Waals surface area contributed by atoms with Gasteiger partial charge >= 0.3 is 0 Å². The summed E-state index contributed by atoms with van der Waals surface area (Å²) >= 11 is 5.68. The molecule has 1 atom stereocenters. The van der Waals surface area contributed by atoms with Gasteiger partial charge in [-0.15, -0.1) is 11.6 Å². The van der Waals surface area contributed by atoms with Crippen molar-refractivity contribution in [1.29, 1.82) is 5.26 Å². The summed E-state index contributed by atoms with van der Waals surface area (Å²) in [6.07, 6.45) is 1.57. The van der Waals surface area contributed by atoms with Crippen LogP contribution in [0.3, 0.4) is 0 Å². The van der Waals surface area contributed by atoms with Crippen molar-refractivity contribution in [3.8, 4) is 6.07 Å². The molecule has 0 aliphatic carbocycles. The molecular formula is C9H13ClN2O. The van der Waals surface area contributed by atoms with Crippen LogP contribution in [0.4, 0.5) is 0 Å². The zero-order chi connectivity index (χ0) is 9.84. The minimum Gasteiger partial charge on any atom is -0.341 e. The van der Waals surface area contributed by atoms with Gasteiger partial charge in [-0.3, -0.25) is 4.79 Å². The highest BCUT2D eigenvalue weighted by Crippen LogP contribution is 2.17. The SMILES string of the molecule is CC(Cl)C(=O)N1CCC(C#N)CC1. The highest BCUT2D eigenvalue weighted by Gasteiger charge is 2.24. The van der Waals surface area contributed by atoms with Gasteiger partial charge in [-0.05, 0) is 19.8 Å². The minimum absolute atomic E-state index is 0.0157. The average Bonchev–Trinajstić information content (AvgIpc) is 2.17. The maximum Gasteiger partial charge on any atom is 0.240 e. The van der Waals surface area contributed by atoms with E-state index in [2.05, 4.69) is 6.07 Å². The zero-order valence-corrected chi connectivity index (χ0v) is 8.42. The van der Waals surface area contributed by atoms with Crippen molar-refractivity contribution in [1.82, 2.24) is 4.90 Å². The van der Waals surface area contributed by atoms with E-state index in [1.807, 2.05) is 0 Å². The third kappa shape index (κ3) is 2.60. The number of hydrogen-bond acceptors (Lipinski definition) is 2. The summed E-state index contributed by atoms with van der Waals surface area (Å²) in [5, 5.41) is 8.20. The van der Waals surface area contributed by atoms with Gasteiger partial charge in [0, 0.05) is 19.0 Å². The number of piperidine rings is 1. The van der Waals surface area contributed by atoms with Gasteiger partial charge in [0.05, 0.1) is 6.07 Å². The summed E-state index contributed by atoms with van der Waals surface area (Å²) in [6.45, 7) is 3.03. The molecule has 0 saturated carbocycles. The molecule has 13 heavy (non-hydrogen) atoms. The molecule has 1 aliphatic rings. The smallest absolute Gasteiger partial charge is 0.240 e. The molecule has 0 bridgehead atoms. The molecular weight excluding hydrogens is 188 g/mol. The van der Waals surface area contributed by atoms with Crippen LogP contribution in [-0.4, -0.2) is 29.3 Å². The summed E-state index contributed by atoms with van der Waals surface area (Å²) < 4.78 is 0. The highest BCUT2D eigenvalue weighted by atomic mass is 35.5. The van der Waals surface area contributed by atoms with E-state index in [0.29, 0.717) is 13.1 Å². The molecule has 1 heterocycles.